The Hall–Kier alpha value is -2.70. The Balaban J connectivity index is 2.53. The van der Waals surface area contributed by atoms with Crippen LogP contribution in [-0.4, -0.2) is 18.2 Å². The number of halogens is 3. The molecule has 4 nitrogen and oxygen atoms in total. The van der Waals surface area contributed by atoms with Crippen LogP contribution in [0.1, 0.15) is 24.7 Å². The van der Waals surface area contributed by atoms with Gasteiger partial charge in [0, 0.05) is 11.1 Å². The van der Waals surface area contributed by atoms with Crippen molar-refractivity contribution >= 4 is 12.0 Å². The average molecular weight is 340 g/mol. The molecule has 0 saturated heterocycles. The molecule has 1 heterocycles. The third-order valence-corrected chi connectivity index (χ3v) is 3.39. The Labute approximate surface area is 136 Å². The smallest absolute Gasteiger partial charge is 0.420 e. The van der Waals surface area contributed by atoms with Gasteiger partial charge in [-0.1, -0.05) is 19.1 Å². The van der Waals surface area contributed by atoms with Gasteiger partial charge in [-0.2, -0.15) is 13.2 Å². The van der Waals surface area contributed by atoms with Crippen molar-refractivity contribution in [3.8, 4) is 17.1 Å². The summed E-state index contributed by atoms with van der Waals surface area (Å²) in [5, 5.41) is 9.00. The average Bonchev–Trinajstić information content (AvgIpc) is 2.99. The number of hydrogen-bond acceptors (Lipinski definition) is 3. The summed E-state index contributed by atoms with van der Waals surface area (Å²) in [6.45, 7) is 1.66. The van der Waals surface area contributed by atoms with E-state index in [-0.39, 0.29) is 34.8 Å². The van der Waals surface area contributed by atoms with Gasteiger partial charge >= 0.3 is 12.1 Å². The van der Waals surface area contributed by atoms with E-state index in [1.54, 1.807) is 6.92 Å². The number of alkyl halides is 3. The summed E-state index contributed by atoms with van der Waals surface area (Å²) in [7, 11) is 1.16. The molecule has 0 amide bonds. The fourth-order valence-electron chi connectivity index (χ4n) is 2.26. The summed E-state index contributed by atoms with van der Waals surface area (Å²) in [4.78, 5) is 11.0. The second-order valence-corrected chi connectivity index (χ2v) is 4.91. The third-order valence-electron chi connectivity index (χ3n) is 3.39. The molecule has 1 N–H and O–H groups in total. The van der Waals surface area contributed by atoms with Crippen LogP contribution in [0, 0.1) is 0 Å². The van der Waals surface area contributed by atoms with Crippen LogP contribution in [0.5, 0.6) is 5.75 Å². The van der Waals surface area contributed by atoms with E-state index in [0.29, 0.717) is 0 Å². The second kappa shape index (κ2) is 6.82. The number of carbonyl (C=O) groups is 1. The number of ether oxygens (including phenoxy) is 1. The highest BCUT2D eigenvalue weighted by atomic mass is 19.4. The molecule has 7 heteroatoms. The van der Waals surface area contributed by atoms with Gasteiger partial charge in [-0.3, -0.25) is 0 Å². The summed E-state index contributed by atoms with van der Waals surface area (Å²) in [5.41, 5.74) is -1.02. The van der Waals surface area contributed by atoms with Gasteiger partial charge in [0.1, 0.15) is 22.8 Å². The van der Waals surface area contributed by atoms with Crippen molar-refractivity contribution < 1.29 is 32.2 Å². The highest BCUT2D eigenvalue weighted by Gasteiger charge is 2.38. The first-order chi connectivity index (χ1) is 11.3. The Morgan fingerprint density at radius 1 is 1.29 bits per heavy atom. The van der Waals surface area contributed by atoms with Crippen molar-refractivity contribution in [1.82, 2.24) is 0 Å². The number of benzene rings is 1. The van der Waals surface area contributed by atoms with Crippen LogP contribution in [0.25, 0.3) is 17.4 Å². The molecule has 24 heavy (non-hydrogen) atoms. The molecular weight excluding hydrogens is 325 g/mol. The molecule has 0 fully saturated rings. The van der Waals surface area contributed by atoms with E-state index in [9.17, 15) is 18.0 Å². The number of rotatable bonds is 5. The van der Waals surface area contributed by atoms with Gasteiger partial charge in [0.2, 0.25) is 0 Å². The lowest BCUT2D eigenvalue weighted by molar-refractivity contribution is -0.138. The van der Waals surface area contributed by atoms with E-state index >= 15 is 0 Å². The first kappa shape index (κ1) is 17.7. The van der Waals surface area contributed by atoms with Crippen molar-refractivity contribution in [1.29, 1.82) is 0 Å². The molecule has 0 unspecified atom stereocenters. The molecule has 0 aliphatic carbocycles. The Bertz CT molecular complexity index is 772. The zero-order valence-corrected chi connectivity index (χ0v) is 13.0. The number of furan rings is 1. The number of carboxylic acid groups (broad SMARTS) is 1. The highest BCUT2D eigenvalue weighted by molar-refractivity contribution is 5.91. The van der Waals surface area contributed by atoms with Crippen LogP contribution in [0.2, 0.25) is 0 Å². The second-order valence-electron chi connectivity index (χ2n) is 4.91. The van der Waals surface area contributed by atoms with Crippen LogP contribution in [-0.2, 0) is 11.0 Å². The number of methoxy groups -OCH3 is 1. The van der Waals surface area contributed by atoms with E-state index < -0.39 is 17.7 Å². The Morgan fingerprint density at radius 3 is 2.54 bits per heavy atom. The zero-order valence-electron chi connectivity index (χ0n) is 13.0. The topological polar surface area (TPSA) is 59.7 Å². The highest BCUT2D eigenvalue weighted by Crippen LogP contribution is 2.43. The van der Waals surface area contributed by atoms with Gasteiger partial charge in [-0.25, -0.2) is 4.79 Å². The van der Waals surface area contributed by atoms with E-state index in [4.69, 9.17) is 14.3 Å². The minimum absolute atomic E-state index is 0.0201. The van der Waals surface area contributed by atoms with Gasteiger partial charge in [-0.05, 0) is 30.7 Å². The van der Waals surface area contributed by atoms with Crippen LogP contribution in [0.15, 0.2) is 40.3 Å². The summed E-state index contributed by atoms with van der Waals surface area (Å²) in [6, 6.07) is 6.71. The number of hydrogen-bond donors (Lipinski definition) is 1. The lowest BCUT2D eigenvalue weighted by Gasteiger charge is -2.15. The van der Waals surface area contributed by atoms with Crippen LogP contribution < -0.4 is 4.74 Å². The summed E-state index contributed by atoms with van der Waals surface area (Å²) in [5.74, 6) is -1.27. The van der Waals surface area contributed by atoms with Crippen LogP contribution >= 0.6 is 0 Å². The molecule has 128 valence electrons. The molecule has 1 aromatic heterocycles. The molecule has 0 aliphatic rings. The van der Waals surface area contributed by atoms with Crippen molar-refractivity contribution in [2.45, 2.75) is 19.5 Å². The molecule has 0 bridgehead atoms. The Morgan fingerprint density at radius 2 is 2.00 bits per heavy atom. The molecule has 0 radical (unpaired) electrons. The summed E-state index contributed by atoms with van der Waals surface area (Å²) < 4.78 is 50.2. The SMILES string of the molecule is CCC(=Cc1ccc(-c2cccc(OC)c2C(F)(F)F)o1)C(=O)O. The first-order valence-electron chi connectivity index (χ1n) is 7.06. The van der Waals surface area contributed by atoms with Gasteiger partial charge in [-0.15, -0.1) is 0 Å². The molecule has 1 aromatic carbocycles. The molecule has 0 saturated carbocycles. The fourth-order valence-corrected chi connectivity index (χ4v) is 2.26. The molecule has 0 spiro atoms. The summed E-state index contributed by atoms with van der Waals surface area (Å²) >= 11 is 0. The maximum atomic E-state index is 13.3. The minimum Gasteiger partial charge on any atom is -0.496 e. The fraction of sp³-hybridized carbons (Fsp3) is 0.235. The predicted octanol–water partition coefficient (Wildman–Crippen LogP) is 4.85. The lowest BCUT2D eigenvalue weighted by Crippen LogP contribution is -2.09. The monoisotopic (exact) mass is 340 g/mol. The molecule has 0 aliphatic heterocycles. The molecular formula is C17H15F3O4. The van der Waals surface area contributed by atoms with E-state index in [1.807, 2.05) is 0 Å². The van der Waals surface area contributed by atoms with Crippen molar-refractivity contribution in [2.75, 3.05) is 7.11 Å². The quantitative estimate of drug-likeness (QED) is 0.790. The van der Waals surface area contributed by atoms with E-state index in [0.717, 1.165) is 7.11 Å². The maximum absolute atomic E-state index is 13.3. The molecule has 2 aromatic rings. The first-order valence-corrected chi connectivity index (χ1v) is 7.06. The largest absolute Gasteiger partial charge is 0.496 e. The number of aliphatic carboxylic acids is 1. The van der Waals surface area contributed by atoms with Gasteiger partial charge in [0.05, 0.1) is 7.11 Å². The number of carboxylic acids is 1. The van der Waals surface area contributed by atoms with Crippen LogP contribution in [0.3, 0.4) is 0 Å². The van der Waals surface area contributed by atoms with E-state index in [2.05, 4.69) is 0 Å². The summed E-state index contributed by atoms with van der Waals surface area (Å²) in [6.07, 6.45) is -3.07. The van der Waals surface area contributed by atoms with Gasteiger partial charge < -0.3 is 14.3 Å². The van der Waals surface area contributed by atoms with E-state index in [1.165, 1.54) is 36.4 Å². The normalized spacial score (nSPS) is 12.3. The predicted molar refractivity (Wildman–Crippen MR) is 81.6 cm³/mol. The van der Waals surface area contributed by atoms with Crippen molar-refractivity contribution in [3.63, 3.8) is 0 Å². The minimum atomic E-state index is -4.62. The maximum Gasteiger partial charge on any atom is 0.420 e. The standard InChI is InChI=1S/C17H15F3O4/c1-3-10(16(21)22)9-11-7-8-13(24-11)12-5-4-6-14(23-2)15(12)17(18,19)20/h4-9H,3H2,1-2H3,(H,21,22). The Kier molecular flexibility index (Phi) is 5.02. The van der Waals surface area contributed by atoms with Crippen molar-refractivity contribution in [2.24, 2.45) is 0 Å². The van der Waals surface area contributed by atoms with Gasteiger partial charge in [0.25, 0.3) is 0 Å². The zero-order chi connectivity index (χ0) is 17.9. The van der Waals surface area contributed by atoms with Crippen molar-refractivity contribution in [3.05, 3.63) is 47.2 Å². The third kappa shape index (κ3) is 3.61. The molecule has 2 rings (SSSR count). The lowest BCUT2D eigenvalue weighted by atomic mass is 10.0. The molecule has 0 atom stereocenters. The van der Waals surface area contributed by atoms with Crippen LogP contribution in [0.4, 0.5) is 13.2 Å². The van der Waals surface area contributed by atoms with Gasteiger partial charge in [0.15, 0.2) is 0 Å².